The number of carbonyl (C=O) groups is 6. The summed E-state index contributed by atoms with van der Waals surface area (Å²) in [5.41, 5.74) is 3.53. The third-order valence-electron chi connectivity index (χ3n) is 18.6. The fourth-order valence-corrected chi connectivity index (χ4v) is 13.7. The number of ether oxygens (including phenoxy) is 5. The van der Waals surface area contributed by atoms with Crippen LogP contribution in [0.3, 0.4) is 0 Å². The summed E-state index contributed by atoms with van der Waals surface area (Å²) in [7, 11) is 0. The molecular formula is C66H80FN5O13. The number of rotatable bonds is 25. The lowest BCUT2D eigenvalue weighted by Crippen LogP contribution is -2.45. The van der Waals surface area contributed by atoms with Gasteiger partial charge in [-0.3, -0.25) is 24.0 Å². The maximum atomic E-state index is 15.6. The summed E-state index contributed by atoms with van der Waals surface area (Å²) in [4.78, 5) is 98.1. The molecule has 2 aromatic carbocycles. The van der Waals surface area contributed by atoms with E-state index in [1.54, 1.807) is 57.4 Å². The minimum atomic E-state index is -2.01. The number of aromatic nitrogens is 2. The van der Waals surface area contributed by atoms with Gasteiger partial charge >= 0.3 is 12.1 Å². The summed E-state index contributed by atoms with van der Waals surface area (Å²) in [5.74, 6) is 4.19. The Kier molecular flexibility index (Phi) is 19.0. The molecule has 85 heavy (non-hydrogen) atoms. The van der Waals surface area contributed by atoms with E-state index in [1.807, 2.05) is 12.1 Å². The Hall–Kier alpha value is -6.85. The lowest BCUT2D eigenvalue weighted by molar-refractivity contribution is -0.256. The molecule has 18 nitrogen and oxygen atoms in total. The summed E-state index contributed by atoms with van der Waals surface area (Å²) < 4.78 is 46.3. The highest BCUT2D eigenvalue weighted by Gasteiger charge is 2.49. The van der Waals surface area contributed by atoms with Gasteiger partial charge < -0.3 is 49.3 Å². The van der Waals surface area contributed by atoms with Gasteiger partial charge in [-0.2, -0.15) is 0 Å². The number of esters is 1. The number of aliphatic hydroxyl groups is 1. The second-order valence-electron chi connectivity index (χ2n) is 24.5. The molecule has 19 heteroatoms. The number of amides is 3. The number of anilines is 1. The van der Waals surface area contributed by atoms with E-state index in [4.69, 9.17) is 28.7 Å². The maximum absolute atomic E-state index is 15.6. The normalized spacial score (nSPS) is 22.2. The number of aryl methyl sites for hydroxylation is 1. The highest BCUT2D eigenvalue weighted by atomic mass is 19.1. The number of nitrogens with zero attached hydrogens (tertiary/aromatic N) is 2. The van der Waals surface area contributed by atoms with Crippen molar-refractivity contribution in [1.82, 2.24) is 20.2 Å². The molecule has 2 aliphatic heterocycles. The second-order valence-corrected chi connectivity index (χ2v) is 24.5. The maximum Gasteiger partial charge on any atom is 0.407 e. The van der Waals surface area contributed by atoms with Gasteiger partial charge in [0.1, 0.15) is 25.6 Å². The van der Waals surface area contributed by atoms with Crippen molar-refractivity contribution >= 4 is 52.0 Å². The highest BCUT2D eigenvalue weighted by molar-refractivity contribution is 5.97. The lowest BCUT2D eigenvalue weighted by atomic mass is 9.76. The molecule has 2 fully saturated rings. The Bertz CT molecular complexity index is 3340. The minimum absolute atomic E-state index is 0.00757. The average Bonchev–Trinajstić information content (AvgIpc) is 1.91. The number of nitrogens with one attached hydrogen (secondary N) is 3. The van der Waals surface area contributed by atoms with Crippen LogP contribution < -0.4 is 21.5 Å². The molecule has 0 spiro atoms. The van der Waals surface area contributed by atoms with Crippen molar-refractivity contribution in [1.29, 1.82) is 0 Å². The molecule has 0 radical (unpaired) electrons. The van der Waals surface area contributed by atoms with Crippen molar-refractivity contribution in [3.8, 4) is 23.2 Å². The Morgan fingerprint density at radius 3 is 2.39 bits per heavy atom. The van der Waals surface area contributed by atoms with Gasteiger partial charge in [0, 0.05) is 85.7 Å². The summed E-state index contributed by atoms with van der Waals surface area (Å²) >= 11 is 0. The fraction of sp³-hybridized carbons (Fsp3) is 0.576. The van der Waals surface area contributed by atoms with E-state index in [-0.39, 0.29) is 112 Å². The smallest absolute Gasteiger partial charge is 0.407 e. The van der Waals surface area contributed by atoms with Gasteiger partial charge in [-0.25, -0.2) is 19.0 Å². The second kappa shape index (κ2) is 26.4. The van der Waals surface area contributed by atoms with Crippen LogP contribution in [-0.4, -0.2) is 94.9 Å². The molecule has 4 aliphatic carbocycles. The molecule has 0 saturated heterocycles. The zero-order valence-corrected chi connectivity index (χ0v) is 49.6. The number of halogens is 1. The number of pyridine rings is 2. The molecule has 1 unspecified atom stereocenters. The zero-order chi connectivity index (χ0) is 60.2. The molecule has 454 valence electrons. The molecule has 2 aromatic heterocycles. The van der Waals surface area contributed by atoms with Crippen LogP contribution in [-0.2, 0) is 79.4 Å². The van der Waals surface area contributed by atoms with Crippen LogP contribution >= 0.6 is 0 Å². The van der Waals surface area contributed by atoms with Crippen LogP contribution in [0, 0.1) is 54.2 Å². The Labute approximate surface area is 495 Å². The number of hydrogen-bond donors (Lipinski definition) is 4. The van der Waals surface area contributed by atoms with Crippen molar-refractivity contribution in [2.75, 3.05) is 38.3 Å². The zero-order valence-electron chi connectivity index (χ0n) is 49.6. The lowest BCUT2D eigenvalue weighted by Gasteiger charge is -2.37. The van der Waals surface area contributed by atoms with E-state index in [1.165, 1.54) is 6.07 Å². The Balaban J connectivity index is 0.679. The van der Waals surface area contributed by atoms with Gasteiger partial charge in [-0.05, 0) is 128 Å². The van der Waals surface area contributed by atoms with Crippen molar-refractivity contribution in [3.63, 3.8) is 0 Å². The highest BCUT2D eigenvalue weighted by Crippen LogP contribution is 2.55. The molecule has 4 aromatic rings. The molecule has 4 heterocycles. The standard InChI is InChI=1S/C66H80FN5O13/c1-6-66(80)51-32-54-60-49(34-72(54)62(77)50(51)37-83-63(66)78)57-42(18-21-45-40(5)52(67)33-53(70-60)58(45)57)31-44(73)36-85-65(24-12-9-13-25-65)84-35-41-16-19-43(20-17-41)69-61(76)39(4)30-55(74)59(38(2)3)71-64(79)82-29-28-81-27-26-68-56(75)23-22-48-46-14-10-7-8-11-15-47(46)48/h16-17,19-20,32-33,38-39,42,46-48,59,80H,6,9-15,18,21-31,34-37H2,1-5H3,(H,68,75)(H,69,76)(H,71,79)/t39-,42-,46-,47+,48?,59+,66+/m1/s1. The number of Topliss-reactive ketones (excluding diaryl/α,β-unsaturated/α-hetero) is 2. The topological polar surface area (TPSA) is 240 Å². The SMILES string of the molecule is CC[C@@]1(O)C(=O)OCc2c1cc1n(c2=O)Cc2c-1nc1cc(F)c(C)c3c1c2[C@@H](CC(=O)COC1(OCc2ccc(NC(=O)[C@H](C)CC(=O)[C@@H](NC(=O)OCCOCCNC(=O)CCC4[C@H]5CCC#CCC[C@@H]45)C(C)C)cc2)CCCCC1)CC3. The van der Waals surface area contributed by atoms with E-state index >= 15 is 4.39 Å². The molecule has 7 atom stereocenters. The molecule has 2 saturated carbocycles. The van der Waals surface area contributed by atoms with Crippen LogP contribution in [0.1, 0.15) is 169 Å². The number of ketones is 2. The third kappa shape index (κ3) is 13.4. The van der Waals surface area contributed by atoms with Crippen LogP contribution in [0.4, 0.5) is 14.9 Å². The Morgan fingerprint density at radius 1 is 0.929 bits per heavy atom. The number of alkyl carbamates (subject to hydrolysis) is 1. The van der Waals surface area contributed by atoms with Crippen molar-refractivity contribution in [2.45, 2.75) is 180 Å². The van der Waals surface area contributed by atoms with Crippen LogP contribution in [0.5, 0.6) is 0 Å². The molecule has 6 aliphatic rings. The van der Waals surface area contributed by atoms with Crippen molar-refractivity contribution in [3.05, 3.63) is 91.5 Å². The molecular weight excluding hydrogens is 1090 g/mol. The van der Waals surface area contributed by atoms with Crippen LogP contribution in [0.25, 0.3) is 22.3 Å². The van der Waals surface area contributed by atoms with E-state index < -0.39 is 46.8 Å². The van der Waals surface area contributed by atoms with Gasteiger partial charge in [-0.1, -0.05) is 46.2 Å². The predicted molar refractivity (Wildman–Crippen MR) is 313 cm³/mol. The van der Waals surface area contributed by atoms with Crippen LogP contribution in [0.2, 0.25) is 0 Å². The first-order chi connectivity index (χ1) is 40.9. The van der Waals surface area contributed by atoms with Gasteiger partial charge in [0.15, 0.2) is 23.0 Å². The van der Waals surface area contributed by atoms with E-state index in [0.717, 1.165) is 79.0 Å². The largest absolute Gasteiger partial charge is 0.458 e. The molecule has 10 rings (SSSR count). The first-order valence-corrected chi connectivity index (χ1v) is 30.7. The fourth-order valence-electron chi connectivity index (χ4n) is 13.7. The average molecular weight is 1170 g/mol. The van der Waals surface area contributed by atoms with Gasteiger partial charge in [0.25, 0.3) is 5.56 Å². The number of cyclic esters (lactones) is 1. The molecule has 3 amide bonds. The summed E-state index contributed by atoms with van der Waals surface area (Å²) in [6, 6.07) is 9.34. The number of fused-ring (bicyclic) bond motifs is 6. The summed E-state index contributed by atoms with van der Waals surface area (Å²) in [5, 5.41) is 20.7. The van der Waals surface area contributed by atoms with Gasteiger partial charge in [0.2, 0.25) is 11.8 Å². The predicted octanol–water partition coefficient (Wildman–Crippen LogP) is 9.05. The quantitative estimate of drug-likeness (QED) is 0.0185. The van der Waals surface area contributed by atoms with E-state index in [9.17, 15) is 38.7 Å². The molecule has 0 bridgehead atoms. The number of hydrogen-bond acceptors (Lipinski definition) is 14. The molecule has 4 N–H and O–H groups in total. The third-order valence-corrected chi connectivity index (χ3v) is 18.6. The summed E-state index contributed by atoms with van der Waals surface area (Å²) in [6.07, 6.45) is 9.80. The number of carbonyl (C=O) groups excluding carboxylic acids is 6. The number of benzene rings is 2. The van der Waals surface area contributed by atoms with Crippen molar-refractivity contribution in [2.24, 2.45) is 29.6 Å². The monoisotopic (exact) mass is 1170 g/mol. The van der Waals surface area contributed by atoms with E-state index in [2.05, 4.69) is 27.8 Å². The summed E-state index contributed by atoms with van der Waals surface area (Å²) in [6.45, 7) is 9.21. The van der Waals surface area contributed by atoms with Gasteiger partial charge in [0.05, 0.1) is 54.9 Å². The van der Waals surface area contributed by atoms with Gasteiger partial charge in [-0.15, -0.1) is 11.8 Å². The first kappa shape index (κ1) is 61.2. The Morgan fingerprint density at radius 2 is 1.67 bits per heavy atom. The minimum Gasteiger partial charge on any atom is -0.458 e. The van der Waals surface area contributed by atoms with Crippen molar-refractivity contribution < 1.29 is 61.9 Å². The van der Waals surface area contributed by atoms with E-state index in [0.29, 0.717) is 84.6 Å². The first-order valence-electron chi connectivity index (χ1n) is 30.7. The van der Waals surface area contributed by atoms with Crippen LogP contribution in [0.15, 0.2) is 41.2 Å².